The third kappa shape index (κ3) is 4.35. The van der Waals surface area contributed by atoms with Gasteiger partial charge < -0.3 is 5.32 Å². The van der Waals surface area contributed by atoms with Gasteiger partial charge in [-0.2, -0.15) is 5.10 Å². The molecule has 4 rings (SSSR count). The Morgan fingerprint density at radius 2 is 1.68 bits per heavy atom. The molecular weight excluding hydrogens is 344 g/mol. The van der Waals surface area contributed by atoms with E-state index >= 15 is 0 Å². The average molecular weight is 368 g/mol. The molecule has 0 bridgehead atoms. The molecule has 0 aliphatic heterocycles. The number of aryl methyl sites for hydroxylation is 1. The Kier molecular flexibility index (Phi) is 5.59. The van der Waals surface area contributed by atoms with Gasteiger partial charge in [0, 0.05) is 48.7 Å². The summed E-state index contributed by atoms with van der Waals surface area (Å²) in [6.07, 6.45) is 4.88. The zero-order chi connectivity index (χ0) is 19.2. The number of nitrogens with one attached hydrogen (secondary N) is 1. The Labute approximate surface area is 165 Å². The van der Waals surface area contributed by atoms with E-state index < -0.39 is 0 Å². The van der Waals surface area contributed by atoms with Gasteiger partial charge in [-0.1, -0.05) is 54.1 Å². The van der Waals surface area contributed by atoms with Gasteiger partial charge >= 0.3 is 0 Å². The first-order valence-corrected chi connectivity index (χ1v) is 9.61. The molecule has 28 heavy (non-hydrogen) atoms. The van der Waals surface area contributed by atoms with Gasteiger partial charge in [-0.25, -0.2) is 4.68 Å². The highest BCUT2D eigenvalue weighted by molar-refractivity contribution is 5.63. The van der Waals surface area contributed by atoms with Crippen molar-refractivity contribution >= 4 is 0 Å². The van der Waals surface area contributed by atoms with Gasteiger partial charge in [0.15, 0.2) is 0 Å². The summed E-state index contributed by atoms with van der Waals surface area (Å²) in [5.41, 5.74) is 6.77. The molecule has 0 atom stereocenters. The van der Waals surface area contributed by atoms with E-state index in [9.17, 15) is 0 Å². The minimum absolute atomic E-state index is 0.767. The third-order valence-corrected chi connectivity index (χ3v) is 4.74. The summed E-state index contributed by atoms with van der Waals surface area (Å²) in [5, 5.41) is 8.42. The van der Waals surface area contributed by atoms with Crippen LogP contribution in [-0.4, -0.2) is 21.3 Å². The number of hydrogen-bond acceptors (Lipinski definition) is 3. The molecule has 2 aromatic heterocycles. The molecular formula is C24H24N4. The van der Waals surface area contributed by atoms with Crippen molar-refractivity contribution in [2.45, 2.75) is 19.9 Å². The quantitative estimate of drug-likeness (QED) is 0.486. The number of aromatic nitrogens is 3. The summed E-state index contributed by atoms with van der Waals surface area (Å²) in [6, 6.07) is 24.8. The summed E-state index contributed by atoms with van der Waals surface area (Å²) in [7, 11) is 0. The van der Waals surface area contributed by atoms with Crippen LogP contribution in [0.5, 0.6) is 0 Å². The normalized spacial score (nSPS) is 10.9. The second kappa shape index (κ2) is 8.63. The molecule has 0 spiro atoms. The van der Waals surface area contributed by atoms with Crippen molar-refractivity contribution in [1.82, 2.24) is 20.1 Å². The van der Waals surface area contributed by atoms with Gasteiger partial charge in [0.25, 0.3) is 0 Å². The molecule has 1 N–H and O–H groups in total. The molecule has 0 radical (unpaired) electrons. The van der Waals surface area contributed by atoms with Crippen LogP contribution in [0, 0.1) is 6.92 Å². The van der Waals surface area contributed by atoms with Gasteiger partial charge in [-0.3, -0.25) is 4.98 Å². The van der Waals surface area contributed by atoms with Crippen molar-refractivity contribution in [3.63, 3.8) is 0 Å². The van der Waals surface area contributed by atoms with E-state index in [1.165, 1.54) is 11.1 Å². The highest BCUT2D eigenvalue weighted by atomic mass is 15.3. The number of pyridine rings is 1. The number of benzene rings is 2. The van der Waals surface area contributed by atoms with Crippen LogP contribution < -0.4 is 5.32 Å². The van der Waals surface area contributed by atoms with Gasteiger partial charge in [-0.05, 0) is 31.2 Å². The lowest BCUT2D eigenvalue weighted by Crippen LogP contribution is -2.17. The molecule has 0 fully saturated rings. The Morgan fingerprint density at radius 3 is 2.43 bits per heavy atom. The number of rotatable bonds is 7. The molecule has 0 amide bonds. The van der Waals surface area contributed by atoms with Crippen molar-refractivity contribution in [3.8, 4) is 16.9 Å². The zero-order valence-electron chi connectivity index (χ0n) is 16.0. The monoisotopic (exact) mass is 368 g/mol. The molecule has 2 aromatic carbocycles. The van der Waals surface area contributed by atoms with Crippen LogP contribution in [0.3, 0.4) is 0 Å². The second-order valence-electron chi connectivity index (χ2n) is 6.90. The SMILES string of the molecule is Cc1ccc(-c2nn(-c3ccccc3)cc2CNCCc2ccccn2)cc1. The smallest absolute Gasteiger partial charge is 0.0972 e. The van der Waals surface area contributed by atoms with E-state index in [-0.39, 0.29) is 0 Å². The van der Waals surface area contributed by atoms with Crippen LogP contribution in [-0.2, 0) is 13.0 Å². The summed E-state index contributed by atoms with van der Waals surface area (Å²) in [6.45, 7) is 3.75. The van der Waals surface area contributed by atoms with Crippen LogP contribution >= 0.6 is 0 Å². The predicted molar refractivity (Wildman–Crippen MR) is 113 cm³/mol. The van der Waals surface area contributed by atoms with E-state index in [0.717, 1.165) is 42.1 Å². The van der Waals surface area contributed by atoms with E-state index in [1.807, 2.05) is 41.2 Å². The number of hydrogen-bond donors (Lipinski definition) is 1. The fourth-order valence-corrected chi connectivity index (χ4v) is 3.19. The largest absolute Gasteiger partial charge is 0.312 e. The van der Waals surface area contributed by atoms with Gasteiger partial charge in [-0.15, -0.1) is 0 Å². The molecule has 4 nitrogen and oxygen atoms in total. The Bertz CT molecular complexity index is 1010. The van der Waals surface area contributed by atoms with E-state index in [4.69, 9.17) is 5.10 Å². The first kappa shape index (κ1) is 18.1. The first-order chi connectivity index (χ1) is 13.8. The highest BCUT2D eigenvalue weighted by Gasteiger charge is 2.12. The van der Waals surface area contributed by atoms with Gasteiger partial charge in [0.05, 0.1) is 11.4 Å². The second-order valence-corrected chi connectivity index (χ2v) is 6.90. The van der Waals surface area contributed by atoms with Crippen molar-refractivity contribution in [3.05, 3.63) is 102 Å². The summed E-state index contributed by atoms with van der Waals surface area (Å²) < 4.78 is 1.96. The molecule has 0 unspecified atom stereocenters. The van der Waals surface area contributed by atoms with E-state index in [2.05, 4.69) is 65.9 Å². The minimum Gasteiger partial charge on any atom is -0.312 e. The van der Waals surface area contributed by atoms with Crippen molar-refractivity contribution in [2.24, 2.45) is 0 Å². The lowest BCUT2D eigenvalue weighted by Gasteiger charge is -2.05. The topological polar surface area (TPSA) is 42.7 Å². The number of nitrogens with zero attached hydrogens (tertiary/aromatic N) is 3. The molecule has 4 heteroatoms. The van der Waals surface area contributed by atoms with Crippen LogP contribution in [0.15, 0.2) is 85.2 Å². The van der Waals surface area contributed by atoms with Gasteiger partial charge in [0.1, 0.15) is 0 Å². The molecule has 0 saturated carbocycles. The molecule has 0 aliphatic carbocycles. The minimum atomic E-state index is 0.767. The van der Waals surface area contributed by atoms with Gasteiger partial charge in [0.2, 0.25) is 0 Å². The Hall–Kier alpha value is -3.24. The molecule has 0 aliphatic rings. The average Bonchev–Trinajstić information content (AvgIpc) is 3.17. The molecule has 140 valence electrons. The van der Waals surface area contributed by atoms with Crippen LogP contribution in [0.2, 0.25) is 0 Å². The summed E-state index contributed by atoms with van der Waals surface area (Å²) in [4.78, 5) is 4.38. The Morgan fingerprint density at radius 1 is 0.893 bits per heavy atom. The van der Waals surface area contributed by atoms with Crippen LogP contribution in [0.25, 0.3) is 16.9 Å². The van der Waals surface area contributed by atoms with Crippen LogP contribution in [0.1, 0.15) is 16.8 Å². The first-order valence-electron chi connectivity index (χ1n) is 9.61. The summed E-state index contributed by atoms with van der Waals surface area (Å²) >= 11 is 0. The Balaban J connectivity index is 1.54. The van der Waals surface area contributed by atoms with Crippen molar-refractivity contribution in [2.75, 3.05) is 6.54 Å². The zero-order valence-corrected chi connectivity index (χ0v) is 16.0. The lowest BCUT2D eigenvalue weighted by atomic mass is 10.1. The molecule has 2 heterocycles. The van der Waals surface area contributed by atoms with Crippen LogP contribution in [0.4, 0.5) is 0 Å². The maximum Gasteiger partial charge on any atom is 0.0972 e. The van der Waals surface area contributed by atoms with E-state index in [1.54, 1.807) is 0 Å². The molecule has 0 saturated heterocycles. The highest BCUT2D eigenvalue weighted by Crippen LogP contribution is 2.24. The summed E-state index contributed by atoms with van der Waals surface area (Å²) in [5.74, 6) is 0. The van der Waals surface area contributed by atoms with Crippen molar-refractivity contribution < 1.29 is 0 Å². The maximum absolute atomic E-state index is 4.88. The van der Waals surface area contributed by atoms with Crippen molar-refractivity contribution in [1.29, 1.82) is 0 Å². The third-order valence-electron chi connectivity index (χ3n) is 4.74. The predicted octanol–water partition coefficient (Wildman–Crippen LogP) is 4.58. The lowest BCUT2D eigenvalue weighted by molar-refractivity contribution is 0.680. The molecule has 4 aromatic rings. The van der Waals surface area contributed by atoms with E-state index in [0.29, 0.717) is 0 Å². The number of para-hydroxylation sites is 1. The maximum atomic E-state index is 4.88. The fraction of sp³-hybridized carbons (Fsp3) is 0.167. The fourth-order valence-electron chi connectivity index (χ4n) is 3.19. The standard InChI is InChI=1S/C24H24N4/c1-19-10-12-20(13-11-19)24-21(17-25-16-14-22-7-5-6-15-26-22)18-28(27-24)23-8-3-2-4-9-23/h2-13,15,18,25H,14,16-17H2,1H3.